The highest BCUT2D eigenvalue weighted by Gasteiger charge is 2.30. The van der Waals surface area contributed by atoms with Gasteiger partial charge in [-0.05, 0) is 25.8 Å². The van der Waals surface area contributed by atoms with Crippen molar-refractivity contribution in [3.63, 3.8) is 0 Å². The maximum absolute atomic E-state index is 11.3. The summed E-state index contributed by atoms with van der Waals surface area (Å²) in [4.78, 5) is 26.4. The standard InChI is InChI=1S/C8H19NO6P2/c10-16(11,12)7-17(13,14)15-6-4-8-3-1-2-5-9-8/h8-9H,1-7H2,(H,13,14)(H2,10,11,12). The Morgan fingerprint density at radius 2 is 1.94 bits per heavy atom. The molecule has 9 heteroatoms. The van der Waals surface area contributed by atoms with Crippen LogP contribution in [0.3, 0.4) is 0 Å². The van der Waals surface area contributed by atoms with E-state index in [1.807, 2.05) is 0 Å². The summed E-state index contributed by atoms with van der Waals surface area (Å²) in [6.45, 7) is 0.968. The molecule has 0 saturated carbocycles. The van der Waals surface area contributed by atoms with Crippen molar-refractivity contribution in [1.29, 1.82) is 0 Å². The highest BCUT2D eigenvalue weighted by molar-refractivity contribution is 7.70. The Morgan fingerprint density at radius 1 is 1.24 bits per heavy atom. The predicted octanol–water partition coefficient (Wildman–Crippen LogP) is 0.856. The average molecular weight is 287 g/mol. The van der Waals surface area contributed by atoms with Crippen molar-refractivity contribution in [2.45, 2.75) is 31.7 Å². The van der Waals surface area contributed by atoms with E-state index in [-0.39, 0.29) is 12.6 Å². The minimum Gasteiger partial charge on any atom is -0.324 e. The summed E-state index contributed by atoms with van der Waals surface area (Å²) in [5, 5.41) is 3.25. The minimum atomic E-state index is -4.51. The van der Waals surface area contributed by atoms with Crippen LogP contribution in [0, 0.1) is 0 Å². The second-order valence-electron chi connectivity index (χ2n) is 4.21. The van der Waals surface area contributed by atoms with Gasteiger partial charge >= 0.3 is 15.2 Å². The van der Waals surface area contributed by atoms with Crippen LogP contribution in [0.5, 0.6) is 0 Å². The second kappa shape index (κ2) is 6.43. The van der Waals surface area contributed by atoms with E-state index in [4.69, 9.17) is 9.79 Å². The quantitative estimate of drug-likeness (QED) is 0.535. The molecule has 1 saturated heterocycles. The van der Waals surface area contributed by atoms with E-state index in [0.717, 1.165) is 25.8 Å². The fourth-order valence-corrected chi connectivity index (χ4v) is 4.36. The molecule has 17 heavy (non-hydrogen) atoms. The summed E-state index contributed by atoms with van der Waals surface area (Å²) in [5.41, 5.74) is 0. The molecule has 0 amide bonds. The lowest BCUT2D eigenvalue weighted by molar-refractivity contribution is 0.234. The van der Waals surface area contributed by atoms with Crippen molar-refractivity contribution in [3.05, 3.63) is 0 Å². The van der Waals surface area contributed by atoms with Gasteiger partial charge in [-0.2, -0.15) is 0 Å². The Hall–Kier alpha value is 0.260. The summed E-state index contributed by atoms with van der Waals surface area (Å²) in [5.74, 6) is -1.11. The van der Waals surface area contributed by atoms with Gasteiger partial charge in [0.2, 0.25) is 0 Å². The molecule has 0 aromatic carbocycles. The fraction of sp³-hybridized carbons (Fsp3) is 1.00. The molecule has 1 heterocycles. The van der Waals surface area contributed by atoms with E-state index >= 15 is 0 Å². The minimum absolute atomic E-state index is 0.0332. The summed E-state index contributed by atoms with van der Waals surface area (Å²) in [6, 6.07) is 0.263. The van der Waals surface area contributed by atoms with Crippen LogP contribution in [0.25, 0.3) is 0 Å². The zero-order valence-electron chi connectivity index (χ0n) is 9.49. The highest BCUT2D eigenvalue weighted by Crippen LogP contribution is 2.55. The van der Waals surface area contributed by atoms with Crippen LogP contribution in [-0.4, -0.2) is 39.8 Å². The van der Waals surface area contributed by atoms with Crippen LogP contribution in [-0.2, 0) is 13.7 Å². The number of rotatable bonds is 6. The molecule has 1 rings (SSSR count). The Balaban J connectivity index is 2.24. The predicted molar refractivity (Wildman–Crippen MR) is 62.9 cm³/mol. The maximum atomic E-state index is 11.3. The van der Waals surface area contributed by atoms with E-state index in [2.05, 4.69) is 9.84 Å². The first-order valence-electron chi connectivity index (χ1n) is 5.53. The topological polar surface area (TPSA) is 116 Å². The molecule has 102 valence electrons. The van der Waals surface area contributed by atoms with E-state index in [1.165, 1.54) is 0 Å². The molecule has 0 bridgehead atoms. The first-order chi connectivity index (χ1) is 7.79. The third-order valence-electron chi connectivity index (χ3n) is 2.53. The molecular formula is C8H19NO6P2. The van der Waals surface area contributed by atoms with Crippen LogP contribution in [0.2, 0.25) is 0 Å². The summed E-state index contributed by atoms with van der Waals surface area (Å²) in [7, 11) is -8.69. The van der Waals surface area contributed by atoms with Crippen molar-refractivity contribution in [3.8, 4) is 0 Å². The van der Waals surface area contributed by atoms with Gasteiger partial charge in [-0.25, -0.2) is 0 Å². The SMILES string of the molecule is O=P(O)(O)CP(=O)(O)OCCC1CCCCN1. The third kappa shape index (κ3) is 7.32. The van der Waals surface area contributed by atoms with Gasteiger partial charge in [-0.15, -0.1) is 0 Å². The molecule has 0 spiro atoms. The number of piperidine rings is 1. The molecule has 0 aromatic rings. The molecule has 0 radical (unpaired) electrons. The van der Waals surface area contributed by atoms with Crippen LogP contribution in [0.4, 0.5) is 0 Å². The van der Waals surface area contributed by atoms with Crippen LogP contribution in [0.15, 0.2) is 0 Å². The van der Waals surface area contributed by atoms with E-state index < -0.39 is 21.1 Å². The van der Waals surface area contributed by atoms with Gasteiger partial charge in [-0.1, -0.05) is 6.42 Å². The van der Waals surface area contributed by atoms with Crippen LogP contribution >= 0.6 is 15.2 Å². The molecule has 1 aliphatic rings. The molecule has 1 fully saturated rings. The zero-order chi connectivity index (χ0) is 12.9. The van der Waals surface area contributed by atoms with Crippen molar-refractivity contribution >= 4 is 15.2 Å². The average Bonchev–Trinajstić information content (AvgIpc) is 2.15. The summed E-state index contributed by atoms with van der Waals surface area (Å²) in [6.07, 6.45) is 3.83. The first kappa shape index (κ1) is 15.3. The lowest BCUT2D eigenvalue weighted by Crippen LogP contribution is -2.34. The Labute approximate surface area is 100 Å². The van der Waals surface area contributed by atoms with Gasteiger partial charge in [0, 0.05) is 6.04 Å². The third-order valence-corrected chi connectivity index (χ3v) is 6.02. The van der Waals surface area contributed by atoms with Crippen molar-refractivity contribution < 1.29 is 28.3 Å². The monoisotopic (exact) mass is 287 g/mol. The fourth-order valence-electron chi connectivity index (χ4n) is 1.78. The Kier molecular flexibility index (Phi) is 5.80. The number of hydrogen-bond acceptors (Lipinski definition) is 4. The van der Waals surface area contributed by atoms with Crippen LogP contribution < -0.4 is 5.32 Å². The van der Waals surface area contributed by atoms with Gasteiger partial charge in [0.1, 0.15) is 0 Å². The van der Waals surface area contributed by atoms with E-state index in [0.29, 0.717) is 6.42 Å². The van der Waals surface area contributed by atoms with Gasteiger partial charge < -0.3 is 24.5 Å². The molecular weight excluding hydrogens is 268 g/mol. The Morgan fingerprint density at radius 3 is 2.47 bits per heavy atom. The number of nitrogens with one attached hydrogen (secondary N) is 1. The summed E-state index contributed by atoms with van der Waals surface area (Å²) < 4.78 is 26.6. The Bertz CT molecular complexity index is 324. The van der Waals surface area contributed by atoms with Gasteiger partial charge in [-0.3, -0.25) is 9.13 Å². The lowest BCUT2D eigenvalue weighted by Gasteiger charge is -2.23. The molecule has 7 nitrogen and oxygen atoms in total. The molecule has 0 aliphatic carbocycles. The largest absolute Gasteiger partial charge is 0.340 e. The van der Waals surface area contributed by atoms with Gasteiger partial charge in [0.25, 0.3) is 0 Å². The van der Waals surface area contributed by atoms with Crippen molar-refractivity contribution in [1.82, 2.24) is 5.32 Å². The molecule has 4 N–H and O–H groups in total. The maximum Gasteiger partial charge on any atom is 0.340 e. The normalized spacial score (nSPS) is 25.5. The molecule has 0 aromatic heterocycles. The lowest BCUT2D eigenvalue weighted by atomic mass is 10.0. The number of hydrogen-bond donors (Lipinski definition) is 4. The second-order valence-corrected chi connectivity index (χ2v) is 8.21. The van der Waals surface area contributed by atoms with Crippen LogP contribution in [0.1, 0.15) is 25.7 Å². The smallest absolute Gasteiger partial charge is 0.324 e. The molecule has 2 unspecified atom stereocenters. The summed E-state index contributed by atoms with van der Waals surface area (Å²) >= 11 is 0. The highest BCUT2D eigenvalue weighted by atomic mass is 31.2. The van der Waals surface area contributed by atoms with E-state index in [9.17, 15) is 14.0 Å². The van der Waals surface area contributed by atoms with E-state index in [1.54, 1.807) is 0 Å². The van der Waals surface area contributed by atoms with Crippen molar-refractivity contribution in [2.24, 2.45) is 0 Å². The van der Waals surface area contributed by atoms with Gasteiger partial charge in [0.15, 0.2) is 5.90 Å². The zero-order valence-corrected chi connectivity index (χ0v) is 11.3. The molecule has 2 atom stereocenters. The molecule has 1 aliphatic heterocycles. The first-order valence-corrected chi connectivity index (χ1v) is 9.09. The van der Waals surface area contributed by atoms with Crippen molar-refractivity contribution in [2.75, 3.05) is 19.1 Å². The van der Waals surface area contributed by atoms with Gasteiger partial charge in [0.05, 0.1) is 6.61 Å².